The van der Waals surface area contributed by atoms with E-state index >= 15 is 0 Å². The molecule has 1 atom stereocenters. The van der Waals surface area contributed by atoms with Crippen molar-refractivity contribution in [2.24, 2.45) is 0 Å². The van der Waals surface area contributed by atoms with E-state index in [-0.39, 0.29) is 0 Å². The smallest absolute Gasteiger partial charge is 0.178 e. The fraction of sp³-hybridized carbons (Fsp3) is 0.438. The highest BCUT2D eigenvalue weighted by Crippen LogP contribution is 2.29. The molecular weight excluding hydrogens is 284 g/mol. The molecule has 0 bridgehead atoms. The lowest BCUT2D eigenvalue weighted by molar-refractivity contribution is 0.453. The average Bonchev–Trinajstić information content (AvgIpc) is 2.53. The number of aryl methyl sites for hydroxylation is 1. The van der Waals surface area contributed by atoms with E-state index in [0.717, 1.165) is 37.2 Å². The molecule has 1 aliphatic carbocycles. The summed E-state index contributed by atoms with van der Waals surface area (Å²) in [5.41, 5.74) is 3.16. The van der Waals surface area contributed by atoms with Crippen LogP contribution in [0.15, 0.2) is 24.5 Å². The van der Waals surface area contributed by atoms with Gasteiger partial charge in [-0.15, -0.1) is 0 Å². The van der Waals surface area contributed by atoms with E-state index in [9.17, 15) is 0 Å². The average molecular weight is 303 g/mol. The van der Waals surface area contributed by atoms with Crippen molar-refractivity contribution in [2.45, 2.75) is 38.6 Å². The molecular formula is C16H19ClN4. The summed E-state index contributed by atoms with van der Waals surface area (Å²) < 4.78 is 0. The zero-order chi connectivity index (χ0) is 14.7. The molecule has 0 spiro atoms. The van der Waals surface area contributed by atoms with Crippen molar-refractivity contribution in [3.8, 4) is 11.5 Å². The summed E-state index contributed by atoms with van der Waals surface area (Å²) >= 11 is 5.87. The molecule has 0 radical (unpaired) electrons. The topological polar surface area (TPSA) is 50.7 Å². The van der Waals surface area contributed by atoms with E-state index in [4.69, 9.17) is 16.6 Å². The first kappa shape index (κ1) is 14.4. The summed E-state index contributed by atoms with van der Waals surface area (Å²) in [5.74, 6) is 0.682. The first-order chi connectivity index (χ1) is 10.3. The molecule has 0 aliphatic heterocycles. The van der Waals surface area contributed by atoms with Crippen molar-refractivity contribution in [3.05, 3.63) is 40.8 Å². The molecule has 4 nitrogen and oxygen atoms in total. The third-order valence-corrected chi connectivity index (χ3v) is 4.00. The lowest BCUT2D eigenvalue weighted by Crippen LogP contribution is -2.26. The van der Waals surface area contributed by atoms with Gasteiger partial charge in [0.25, 0.3) is 0 Å². The molecule has 1 unspecified atom stereocenters. The highest BCUT2D eigenvalue weighted by atomic mass is 35.5. The van der Waals surface area contributed by atoms with Gasteiger partial charge in [0.2, 0.25) is 0 Å². The molecule has 0 saturated carbocycles. The van der Waals surface area contributed by atoms with Crippen molar-refractivity contribution in [1.82, 2.24) is 20.3 Å². The summed E-state index contributed by atoms with van der Waals surface area (Å²) in [6.07, 6.45) is 8.07. The van der Waals surface area contributed by atoms with Gasteiger partial charge >= 0.3 is 0 Å². The van der Waals surface area contributed by atoms with Crippen LogP contribution in [0.2, 0.25) is 5.02 Å². The summed E-state index contributed by atoms with van der Waals surface area (Å²) in [7, 11) is 0. The molecule has 0 saturated heterocycles. The number of hydrogen-bond acceptors (Lipinski definition) is 4. The van der Waals surface area contributed by atoms with Crippen LogP contribution in [-0.2, 0) is 6.42 Å². The SMILES string of the molecule is CCCNC1CCCc2nc(-c3ccc(Cl)cn3)ncc21. The van der Waals surface area contributed by atoms with Crippen molar-refractivity contribution in [3.63, 3.8) is 0 Å². The molecule has 0 fully saturated rings. The van der Waals surface area contributed by atoms with Crippen LogP contribution in [0.25, 0.3) is 11.5 Å². The minimum atomic E-state index is 0.390. The molecule has 0 aromatic carbocycles. The van der Waals surface area contributed by atoms with Gasteiger partial charge in [0.05, 0.1) is 5.02 Å². The zero-order valence-corrected chi connectivity index (χ0v) is 12.9. The van der Waals surface area contributed by atoms with E-state index in [1.807, 2.05) is 18.3 Å². The van der Waals surface area contributed by atoms with Crippen molar-refractivity contribution in [1.29, 1.82) is 0 Å². The quantitative estimate of drug-likeness (QED) is 0.938. The second-order valence-corrected chi connectivity index (χ2v) is 5.79. The molecule has 3 rings (SSSR count). The second-order valence-electron chi connectivity index (χ2n) is 5.36. The van der Waals surface area contributed by atoms with Gasteiger partial charge in [0.15, 0.2) is 5.82 Å². The van der Waals surface area contributed by atoms with Gasteiger partial charge in [-0.3, -0.25) is 4.98 Å². The van der Waals surface area contributed by atoms with Crippen molar-refractivity contribution < 1.29 is 0 Å². The monoisotopic (exact) mass is 302 g/mol. The number of nitrogens with zero attached hydrogens (tertiary/aromatic N) is 3. The van der Waals surface area contributed by atoms with Crippen LogP contribution in [-0.4, -0.2) is 21.5 Å². The largest absolute Gasteiger partial charge is 0.310 e. The van der Waals surface area contributed by atoms with E-state index in [1.165, 1.54) is 12.0 Å². The van der Waals surface area contributed by atoms with Crippen LogP contribution in [0.3, 0.4) is 0 Å². The van der Waals surface area contributed by atoms with E-state index in [1.54, 1.807) is 6.20 Å². The number of aromatic nitrogens is 3. The van der Waals surface area contributed by atoms with Gasteiger partial charge in [0.1, 0.15) is 5.69 Å². The van der Waals surface area contributed by atoms with Crippen molar-refractivity contribution in [2.75, 3.05) is 6.54 Å². The molecule has 2 aromatic heterocycles. The van der Waals surface area contributed by atoms with Crippen LogP contribution < -0.4 is 5.32 Å². The first-order valence-electron chi connectivity index (χ1n) is 7.49. The number of pyridine rings is 1. The Labute approximate surface area is 130 Å². The van der Waals surface area contributed by atoms with Gasteiger partial charge in [-0.2, -0.15) is 0 Å². The lowest BCUT2D eigenvalue weighted by Gasteiger charge is -2.25. The second kappa shape index (κ2) is 6.50. The maximum absolute atomic E-state index is 5.87. The lowest BCUT2D eigenvalue weighted by atomic mass is 9.92. The van der Waals surface area contributed by atoms with Crippen LogP contribution in [0.1, 0.15) is 43.5 Å². The Balaban J connectivity index is 1.88. The predicted octanol–water partition coefficient (Wildman–Crippen LogP) is 3.57. The summed E-state index contributed by atoms with van der Waals surface area (Å²) in [6, 6.07) is 4.07. The number of halogens is 1. The van der Waals surface area contributed by atoms with Gasteiger partial charge in [-0.05, 0) is 44.4 Å². The molecule has 0 amide bonds. The Morgan fingerprint density at radius 1 is 1.29 bits per heavy atom. The highest BCUT2D eigenvalue weighted by Gasteiger charge is 2.22. The molecule has 110 valence electrons. The standard InChI is InChI=1S/C16H19ClN4/c1-2-8-18-13-4-3-5-14-12(13)10-20-16(21-14)15-7-6-11(17)9-19-15/h6-7,9-10,13,18H,2-5,8H2,1H3. The third-order valence-electron chi connectivity index (χ3n) is 3.78. The van der Waals surface area contributed by atoms with E-state index < -0.39 is 0 Å². The fourth-order valence-corrected chi connectivity index (χ4v) is 2.82. The Morgan fingerprint density at radius 3 is 2.95 bits per heavy atom. The Morgan fingerprint density at radius 2 is 2.19 bits per heavy atom. The molecule has 2 heterocycles. The Hall–Kier alpha value is -1.52. The van der Waals surface area contributed by atoms with Gasteiger partial charge in [-0.25, -0.2) is 9.97 Å². The molecule has 1 aliphatic rings. The zero-order valence-electron chi connectivity index (χ0n) is 12.1. The third kappa shape index (κ3) is 3.22. The van der Waals surface area contributed by atoms with E-state index in [2.05, 4.69) is 22.2 Å². The van der Waals surface area contributed by atoms with Crippen LogP contribution in [0.5, 0.6) is 0 Å². The highest BCUT2D eigenvalue weighted by molar-refractivity contribution is 6.30. The molecule has 21 heavy (non-hydrogen) atoms. The predicted molar refractivity (Wildman–Crippen MR) is 84.2 cm³/mol. The number of rotatable bonds is 4. The number of hydrogen-bond donors (Lipinski definition) is 1. The minimum Gasteiger partial charge on any atom is -0.310 e. The Kier molecular flexibility index (Phi) is 4.46. The Bertz CT molecular complexity index is 612. The van der Waals surface area contributed by atoms with Crippen LogP contribution >= 0.6 is 11.6 Å². The summed E-state index contributed by atoms with van der Waals surface area (Å²) in [6.45, 7) is 3.22. The number of nitrogens with one attached hydrogen (secondary N) is 1. The normalized spacial score (nSPS) is 17.5. The van der Waals surface area contributed by atoms with Crippen molar-refractivity contribution >= 4 is 11.6 Å². The van der Waals surface area contributed by atoms with Gasteiger partial charge in [0, 0.05) is 29.7 Å². The first-order valence-corrected chi connectivity index (χ1v) is 7.87. The number of fused-ring (bicyclic) bond motifs is 1. The minimum absolute atomic E-state index is 0.390. The van der Waals surface area contributed by atoms with Crippen LogP contribution in [0.4, 0.5) is 0 Å². The maximum atomic E-state index is 5.87. The molecule has 2 aromatic rings. The van der Waals surface area contributed by atoms with Crippen LogP contribution in [0, 0.1) is 0 Å². The van der Waals surface area contributed by atoms with Gasteiger partial charge < -0.3 is 5.32 Å². The van der Waals surface area contributed by atoms with E-state index in [0.29, 0.717) is 16.9 Å². The molecule has 5 heteroatoms. The van der Waals surface area contributed by atoms with Gasteiger partial charge in [-0.1, -0.05) is 18.5 Å². The fourth-order valence-electron chi connectivity index (χ4n) is 2.71. The molecule has 1 N–H and O–H groups in total. The summed E-state index contributed by atoms with van der Waals surface area (Å²) in [4.78, 5) is 13.5. The summed E-state index contributed by atoms with van der Waals surface area (Å²) in [5, 5.41) is 4.21. The maximum Gasteiger partial charge on any atom is 0.178 e.